The average Bonchev–Trinajstić information content (AvgIpc) is 2.52. The smallest absolute Gasteiger partial charge is 0.370 e. The van der Waals surface area contributed by atoms with Gasteiger partial charge in [0.05, 0.1) is 11.7 Å². The second kappa shape index (κ2) is 7.96. The molecule has 4 N–H and O–H groups in total. The first-order valence-electron chi connectivity index (χ1n) is 7.98. The van der Waals surface area contributed by atoms with Crippen LogP contribution in [0.1, 0.15) is 30.9 Å². The molecule has 0 radical (unpaired) electrons. The Bertz CT molecular complexity index is 564. The Kier molecular flexibility index (Phi) is 6.20. The van der Waals surface area contributed by atoms with Gasteiger partial charge in [0.1, 0.15) is 0 Å². The summed E-state index contributed by atoms with van der Waals surface area (Å²) in [6.45, 7) is 3.68. The van der Waals surface area contributed by atoms with Gasteiger partial charge in [-0.2, -0.15) is 13.2 Å². The highest BCUT2D eigenvalue weighted by atomic mass is 19.4. The van der Waals surface area contributed by atoms with E-state index in [1.54, 1.807) is 6.07 Å². The molecular weight excluding hydrogens is 321 g/mol. The van der Waals surface area contributed by atoms with Gasteiger partial charge in [-0.3, -0.25) is 15.1 Å². The minimum absolute atomic E-state index is 0.0129. The van der Waals surface area contributed by atoms with Gasteiger partial charge >= 0.3 is 6.18 Å². The minimum Gasteiger partial charge on any atom is -0.370 e. The van der Waals surface area contributed by atoms with Gasteiger partial charge in [0.15, 0.2) is 0 Å². The first-order valence-corrected chi connectivity index (χ1v) is 7.98. The van der Waals surface area contributed by atoms with Gasteiger partial charge in [0.25, 0.3) is 0 Å². The second-order valence-electron chi connectivity index (χ2n) is 6.02. The maximum Gasteiger partial charge on any atom is 0.416 e. The standard InChI is InChI=1S/C16H23F3N4O/c1-2-12(9-14(20)24)15-22-21-6-7-23(15)10-11-4-3-5-13(8-11)16(17,18)19/h3-5,8,12,15,21-22H,2,6-7,9-10H2,1H3,(H2,20,24)/t12?,15-/m0/s1. The summed E-state index contributed by atoms with van der Waals surface area (Å²) in [6, 6.07) is 5.35. The van der Waals surface area contributed by atoms with Crippen LogP contribution in [0.5, 0.6) is 0 Å². The van der Waals surface area contributed by atoms with E-state index >= 15 is 0 Å². The van der Waals surface area contributed by atoms with Crippen molar-refractivity contribution in [2.24, 2.45) is 11.7 Å². The molecule has 0 saturated carbocycles. The zero-order chi connectivity index (χ0) is 17.7. The Hall–Kier alpha value is -1.64. The lowest BCUT2D eigenvalue weighted by Gasteiger charge is -2.41. The summed E-state index contributed by atoms with van der Waals surface area (Å²) in [4.78, 5) is 13.3. The number of nitrogens with zero attached hydrogens (tertiary/aromatic N) is 1. The van der Waals surface area contributed by atoms with Crippen LogP contribution in [0.4, 0.5) is 13.2 Å². The van der Waals surface area contributed by atoms with E-state index in [1.165, 1.54) is 12.1 Å². The third kappa shape index (κ3) is 4.93. The van der Waals surface area contributed by atoms with Gasteiger partial charge in [0.2, 0.25) is 5.91 Å². The Balaban J connectivity index is 2.15. The molecule has 0 aromatic heterocycles. The molecule has 1 saturated heterocycles. The summed E-state index contributed by atoms with van der Waals surface area (Å²) in [5, 5.41) is 0. The SMILES string of the molecule is CCC(CC(N)=O)[C@H]1NNCCN1Cc1cccc(C(F)(F)F)c1. The molecule has 2 atom stereocenters. The number of amides is 1. The second-order valence-corrected chi connectivity index (χ2v) is 6.02. The van der Waals surface area contributed by atoms with Gasteiger partial charge in [-0.25, -0.2) is 5.43 Å². The van der Waals surface area contributed by atoms with Crippen LogP contribution in [0, 0.1) is 5.92 Å². The summed E-state index contributed by atoms with van der Waals surface area (Å²) in [7, 11) is 0. The summed E-state index contributed by atoms with van der Waals surface area (Å²) in [6.07, 6.45) is -3.54. The molecule has 0 aliphatic carbocycles. The molecule has 1 unspecified atom stereocenters. The molecule has 2 rings (SSSR count). The average molecular weight is 344 g/mol. The fourth-order valence-electron chi connectivity index (χ4n) is 3.02. The Morgan fingerprint density at radius 3 is 2.83 bits per heavy atom. The topological polar surface area (TPSA) is 70.4 Å². The van der Waals surface area contributed by atoms with Crippen LogP contribution in [0.15, 0.2) is 24.3 Å². The first kappa shape index (κ1) is 18.7. The number of halogens is 3. The highest BCUT2D eigenvalue weighted by molar-refractivity contribution is 5.74. The molecule has 134 valence electrons. The number of benzene rings is 1. The molecule has 1 aliphatic heterocycles. The molecule has 5 nitrogen and oxygen atoms in total. The van der Waals surface area contributed by atoms with Crippen LogP contribution in [-0.2, 0) is 17.5 Å². The van der Waals surface area contributed by atoms with E-state index in [4.69, 9.17) is 5.73 Å². The number of carbonyl (C=O) groups excluding carboxylic acids is 1. The van der Waals surface area contributed by atoms with E-state index in [0.29, 0.717) is 25.2 Å². The number of hydrazine groups is 1. The molecular formula is C16H23F3N4O. The molecule has 1 fully saturated rings. The van der Waals surface area contributed by atoms with Gasteiger partial charge < -0.3 is 5.73 Å². The van der Waals surface area contributed by atoms with Crippen LogP contribution in [0.25, 0.3) is 0 Å². The molecule has 1 aromatic rings. The van der Waals surface area contributed by atoms with E-state index in [2.05, 4.69) is 10.9 Å². The minimum atomic E-state index is -4.35. The summed E-state index contributed by atoms with van der Waals surface area (Å²) < 4.78 is 38.6. The van der Waals surface area contributed by atoms with Crippen molar-refractivity contribution in [3.8, 4) is 0 Å². The maximum atomic E-state index is 12.9. The van der Waals surface area contributed by atoms with Gasteiger partial charge in [-0.05, 0) is 24.0 Å². The van der Waals surface area contributed by atoms with Crippen LogP contribution in [-0.4, -0.2) is 30.1 Å². The molecule has 1 amide bonds. The summed E-state index contributed by atoms with van der Waals surface area (Å²) in [5.74, 6) is -0.394. The monoisotopic (exact) mass is 344 g/mol. The molecule has 1 aromatic carbocycles. The summed E-state index contributed by atoms with van der Waals surface area (Å²) in [5.41, 5.74) is 11.4. The van der Waals surface area contributed by atoms with Crippen molar-refractivity contribution in [2.75, 3.05) is 13.1 Å². The number of hydrogen-bond acceptors (Lipinski definition) is 4. The Morgan fingerprint density at radius 2 is 2.21 bits per heavy atom. The van der Waals surface area contributed by atoms with Crippen molar-refractivity contribution < 1.29 is 18.0 Å². The van der Waals surface area contributed by atoms with E-state index in [9.17, 15) is 18.0 Å². The lowest BCUT2D eigenvalue weighted by Crippen LogP contribution is -2.61. The van der Waals surface area contributed by atoms with Crippen molar-refractivity contribution >= 4 is 5.91 Å². The number of rotatable bonds is 6. The number of hydrogen-bond donors (Lipinski definition) is 3. The van der Waals surface area contributed by atoms with Crippen molar-refractivity contribution in [2.45, 2.75) is 38.7 Å². The number of primary amides is 1. The molecule has 0 spiro atoms. The van der Waals surface area contributed by atoms with Crippen molar-refractivity contribution in [3.05, 3.63) is 35.4 Å². The number of nitrogens with one attached hydrogen (secondary N) is 2. The fraction of sp³-hybridized carbons (Fsp3) is 0.562. The normalized spacial score (nSPS) is 20.8. The predicted octanol–water partition coefficient (Wildman–Crippen LogP) is 1.84. The van der Waals surface area contributed by atoms with Crippen LogP contribution in [0.3, 0.4) is 0 Å². The predicted molar refractivity (Wildman–Crippen MR) is 84.4 cm³/mol. The van der Waals surface area contributed by atoms with Crippen molar-refractivity contribution in [1.82, 2.24) is 15.8 Å². The van der Waals surface area contributed by atoms with E-state index in [0.717, 1.165) is 12.5 Å². The Labute approximate surface area is 139 Å². The van der Waals surface area contributed by atoms with Crippen LogP contribution < -0.4 is 16.6 Å². The summed E-state index contributed by atoms with van der Waals surface area (Å²) >= 11 is 0. The van der Waals surface area contributed by atoms with E-state index in [1.807, 2.05) is 11.8 Å². The van der Waals surface area contributed by atoms with Crippen molar-refractivity contribution in [3.63, 3.8) is 0 Å². The van der Waals surface area contributed by atoms with E-state index in [-0.39, 0.29) is 24.4 Å². The van der Waals surface area contributed by atoms with Gasteiger partial charge in [0, 0.05) is 26.1 Å². The van der Waals surface area contributed by atoms with Gasteiger partial charge in [-0.1, -0.05) is 25.1 Å². The molecule has 24 heavy (non-hydrogen) atoms. The zero-order valence-corrected chi connectivity index (χ0v) is 13.6. The maximum absolute atomic E-state index is 12.9. The van der Waals surface area contributed by atoms with Crippen LogP contribution >= 0.6 is 0 Å². The largest absolute Gasteiger partial charge is 0.416 e. The third-order valence-corrected chi connectivity index (χ3v) is 4.24. The molecule has 1 aliphatic rings. The molecule has 0 bridgehead atoms. The number of nitrogens with two attached hydrogens (primary N) is 1. The third-order valence-electron chi connectivity index (χ3n) is 4.24. The zero-order valence-electron chi connectivity index (χ0n) is 13.6. The van der Waals surface area contributed by atoms with E-state index < -0.39 is 11.7 Å². The quantitative estimate of drug-likeness (QED) is 0.737. The number of carbonyl (C=O) groups is 1. The molecule has 8 heteroatoms. The first-order chi connectivity index (χ1) is 11.3. The Morgan fingerprint density at radius 1 is 1.46 bits per heavy atom. The van der Waals surface area contributed by atoms with Crippen LogP contribution in [0.2, 0.25) is 0 Å². The molecule has 1 heterocycles. The number of alkyl halides is 3. The highest BCUT2D eigenvalue weighted by Crippen LogP contribution is 2.30. The van der Waals surface area contributed by atoms with Gasteiger partial charge in [-0.15, -0.1) is 0 Å². The highest BCUT2D eigenvalue weighted by Gasteiger charge is 2.32. The van der Waals surface area contributed by atoms with Crippen molar-refractivity contribution in [1.29, 1.82) is 0 Å². The lowest BCUT2D eigenvalue weighted by molar-refractivity contribution is -0.137. The lowest BCUT2D eigenvalue weighted by atomic mass is 9.96. The fourth-order valence-corrected chi connectivity index (χ4v) is 3.02.